The number of ether oxygens (including phenoxy) is 1. The van der Waals surface area contributed by atoms with Gasteiger partial charge in [0.1, 0.15) is 24.9 Å². The highest BCUT2D eigenvalue weighted by molar-refractivity contribution is 5.74. The molecule has 0 fully saturated rings. The Morgan fingerprint density at radius 3 is 2.96 bits per heavy atom. The molecule has 3 aromatic rings. The third-order valence-electron chi connectivity index (χ3n) is 3.50. The Morgan fingerprint density at radius 2 is 2.17 bits per heavy atom. The fraction of sp³-hybridized carbons (Fsp3) is 0.250. The summed E-state index contributed by atoms with van der Waals surface area (Å²) in [6.45, 7) is 1.97. The lowest BCUT2D eigenvalue weighted by atomic mass is 10.1. The molecular weight excluding hydrogens is 296 g/mol. The minimum Gasteiger partial charge on any atom is -0.459 e. The van der Waals surface area contributed by atoms with Gasteiger partial charge in [-0.25, -0.2) is 4.98 Å². The zero-order valence-electron chi connectivity index (χ0n) is 12.9. The molecule has 0 radical (unpaired) electrons. The molecule has 7 nitrogen and oxygen atoms in total. The van der Waals surface area contributed by atoms with Crippen LogP contribution in [0.25, 0.3) is 11.0 Å². The largest absolute Gasteiger partial charge is 0.459 e. The number of hydrogen-bond acceptors (Lipinski definition) is 5. The van der Waals surface area contributed by atoms with Crippen LogP contribution in [-0.4, -0.2) is 25.3 Å². The van der Waals surface area contributed by atoms with Crippen molar-refractivity contribution in [3.05, 3.63) is 58.3 Å². The minimum atomic E-state index is -0.487. The maximum Gasteiger partial charge on any atom is 0.326 e. The molecule has 0 aliphatic rings. The molecule has 1 aromatic carbocycles. The van der Waals surface area contributed by atoms with Crippen LogP contribution in [0.15, 0.2) is 41.6 Å². The summed E-state index contributed by atoms with van der Waals surface area (Å²) in [4.78, 5) is 28.3. The van der Waals surface area contributed by atoms with Gasteiger partial charge in [0.2, 0.25) is 0 Å². The zero-order valence-corrected chi connectivity index (χ0v) is 12.9. The highest BCUT2D eigenvalue weighted by Gasteiger charge is 2.11. The van der Waals surface area contributed by atoms with E-state index in [4.69, 9.17) is 4.74 Å². The summed E-state index contributed by atoms with van der Waals surface area (Å²) in [5.41, 5.74) is 2.18. The molecule has 0 spiro atoms. The van der Waals surface area contributed by atoms with Crippen LogP contribution in [0.4, 0.5) is 0 Å². The van der Waals surface area contributed by atoms with Gasteiger partial charge in [0, 0.05) is 7.05 Å². The Hall–Kier alpha value is -2.96. The number of carbonyl (C=O) groups excluding carboxylic acids is 1. The van der Waals surface area contributed by atoms with E-state index in [0.717, 1.165) is 11.1 Å². The molecule has 2 heterocycles. The summed E-state index contributed by atoms with van der Waals surface area (Å²) in [7, 11) is 1.70. The first-order chi connectivity index (χ1) is 11.0. The van der Waals surface area contributed by atoms with Gasteiger partial charge < -0.3 is 4.74 Å². The number of rotatable bonds is 4. The maximum absolute atomic E-state index is 12.3. The van der Waals surface area contributed by atoms with E-state index in [9.17, 15) is 9.59 Å². The van der Waals surface area contributed by atoms with Gasteiger partial charge in [0.05, 0.1) is 6.20 Å². The van der Waals surface area contributed by atoms with Gasteiger partial charge >= 0.3 is 5.97 Å². The summed E-state index contributed by atoms with van der Waals surface area (Å²) in [5.74, 6) is -0.487. The van der Waals surface area contributed by atoms with E-state index in [1.54, 1.807) is 7.05 Å². The molecule has 0 bridgehead atoms. The molecular formula is C16H16N4O3. The number of nitrogens with zero attached hydrogens (tertiary/aromatic N) is 4. The van der Waals surface area contributed by atoms with Crippen molar-refractivity contribution in [3.63, 3.8) is 0 Å². The first-order valence-corrected chi connectivity index (χ1v) is 7.13. The SMILES string of the molecule is Cc1cccc(COC(=O)Cn2cnc3c(cnn3C)c2=O)c1. The van der Waals surface area contributed by atoms with Gasteiger partial charge in [-0.1, -0.05) is 29.8 Å². The van der Waals surface area contributed by atoms with Gasteiger partial charge in [0.25, 0.3) is 5.56 Å². The Balaban J connectivity index is 1.70. The van der Waals surface area contributed by atoms with Crippen LogP contribution in [0.1, 0.15) is 11.1 Å². The summed E-state index contributed by atoms with van der Waals surface area (Å²) in [6.07, 6.45) is 2.78. The van der Waals surface area contributed by atoms with Crippen LogP contribution in [0.2, 0.25) is 0 Å². The summed E-state index contributed by atoms with van der Waals surface area (Å²) in [6, 6.07) is 7.71. The second-order valence-electron chi connectivity index (χ2n) is 5.33. The fourth-order valence-electron chi connectivity index (χ4n) is 2.33. The van der Waals surface area contributed by atoms with E-state index < -0.39 is 5.97 Å². The second kappa shape index (κ2) is 6.04. The lowest BCUT2D eigenvalue weighted by molar-refractivity contribution is -0.145. The van der Waals surface area contributed by atoms with Crippen molar-refractivity contribution in [1.29, 1.82) is 0 Å². The van der Waals surface area contributed by atoms with Crippen LogP contribution in [0.5, 0.6) is 0 Å². The quantitative estimate of drug-likeness (QED) is 0.676. The van der Waals surface area contributed by atoms with Crippen LogP contribution in [0.3, 0.4) is 0 Å². The van der Waals surface area contributed by atoms with Crippen LogP contribution in [0, 0.1) is 6.92 Å². The molecule has 3 rings (SSSR count). The zero-order chi connectivity index (χ0) is 16.4. The molecule has 7 heteroatoms. The molecule has 2 aromatic heterocycles. The number of fused-ring (bicyclic) bond motifs is 1. The van der Waals surface area contributed by atoms with E-state index in [1.807, 2.05) is 31.2 Å². The van der Waals surface area contributed by atoms with Crippen molar-refractivity contribution in [1.82, 2.24) is 19.3 Å². The molecule has 118 valence electrons. The maximum atomic E-state index is 12.3. The average molecular weight is 312 g/mol. The highest BCUT2D eigenvalue weighted by atomic mass is 16.5. The molecule has 0 aliphatic carbocycles. The van der Waals surface area contributed by atoms with Crippen LogP contribution in [-0.2, 0) is 29.7 Å². The normalized spacial score (nSPS) is 10.9. The van der Waals surface area contributed by atoms with E-state index in [1.165, 1.54) is 21.8 Å². The summed E-state index contributed by atoms with van der Waals surface area (Å²) >= 11 is 0. The lowest BCUT2D eigenvalue weighted by Gasteiger charge is -2.07. The van der Waals surface area contributed by atoms with Gasteiger partial charge in [-0.3, -0.25) is 18.8 Å². The Kier molecular flexibility index (Phi) is 3.92. The number of aryl methyl sites for hydroxylation is 2. The van der Waals surface area contributed by atoms with Crippen molar-refractivity contribution >= 4 is 17.0 Å². The summed E-state index contributed by atoms with van der Waals surface area (Å²) in [5, 5.41) is 4.36. The summed E-state index contributed by atoms with van der Waals surface area (Å²) < 4.78 is 7.95. The van der Waals surface area contributed by atoms with Crippen molar-refractivity contribution in [2.75, 3.05) is 0 Å². The molecule has 0 N–H and O–H groups in total. The van der Waals surface area contributed by atoms with E-state index in [0.29, 0.717) is 11.0 Å². The van der Waals surface area contributed by atoms with Crippen molar-refractivity contribution < 1.29 is 9.53 Å². The van der Waals surface area contributed by atoms with Crippen molar-refractivity contribution in [2.24, 2.45) is 7.05 Å². The molecule has 0 aliphatic heterocycles. The second-order valence-corrected chi connectivity index (χ2v) is 5.33. The number of aromatic nitrogens is 4. The smallest absolute Gasteiger partial charge is 0.326 e. The van der Waals surface area contributed by atoms with Gasteiger partial charge in [-0.05, 0) is 12.5 Å². The number of hydrogen-bond donors (Lipinski definition) is 0. The number of esters is 1. The Bertz CT molecular complexity index is 926. The molecule has 23 heavy (non-hydrogen) atoms. The van der Waals surface area contributed by atoms with E-state index in [2.05, 4.69) is 10.1 Å². The monoisotopic (exact) mass is 312 g/mol. The van der Waals surface area contributed by atoms with Crippen LogP contribution < -0.4 is 5.56 Å². The first kappa shape index (κ1) is 15.0. The lowest BCUT2D eigenvalue weighted by Crippen LogP contribution is -2.25. The standard InChI is InChI=1S/C16H16N4O3/c1-11-4-3-5-12(6-11)9-23-14(21)8-20-10-17-15-13(16(20)22)7-18-19(15)2/h3-7,10H,8-9H2,1-2H3. The van der Waals surface area contributed by atoms with E-state index >= 15 is 0 Å². The predicted octanol–water partition coefficient (Wildman–Crippen LogP) is 1.18. The highest BCUT2D eigenvalue weighted by Crippen LogP contribution is 2.06. The van der Waals surface area contributed by atoms with Gasteiger partial charge in [-0.15, -0.1) is 0 Å². The topological polar surface area (TPSA) is 79.0 Å². The molecule has 0 atom stereocenters. The third-order valence-corrected chi connectivity index (χ3v) is 3.50. The molecule has 0 amide bonds. The molecule has 0 saturated heterocycles. The molecule has 0 saturated carbocycles. The average Bonchev–Trinajstić information content (AvgIpc) is 2.90. The number of benzene rings is 1. The van der Waals surface area contributed by atoms with E-state index in [-0.39, 0.29) is 18.7 Å². The Labute approximate surface area is 132 Å². The van der Waals surface area contributed by atoms with Gasteiger partial charge in [0.15, 0.2) is 5.65 Å². The number of carbonyl (C=O) groups is 1. The van der Waals surface area contributed by atoms with Gasteiger partial charge in [-0.2, -0.15) is 5.10 Å². The first-order valence-electron chi connectivity index (χ1n) is 7.13. The minimum absolute atomic E-state index is 0.178. The Morgan fingerprint density at radius 1 is 1.35 bits per heavy atom. The third kappa shape index (κ3) is 3.13. The van der Waals surface area contributed by atoms with Crippen molar-refractivity contribution in [2.45, 2.75) is 20.1 Å². The van der Waals surface area contributed by atoms with Crippen LogP contribution >= 0.6 is 0 Å². The predicted molar refractivity (Wildman–Crippen MR) is 83.7 cm³/mol. The van der Waals surface area contributed by atoms with Crippen molar-refractivity contribution in [3.8, 4) is 0 Å². The molecule has 0 unspecified atom stereocenters. The fourth-order valence-corrected chi connectivity index (χ4v) is 2.33.